The lowest BCUT2D eigenvalue weighted by Crippen LogP contribution is -2.34. The Morgan fingerprint density at radius 2 is 2.04 bits per heavy atom. The second-order valence-electron chi connectivity index (χ2n) is 6.54. The second-order valence-corrected chi connectivity index (χ2v) is 6.95. The Morgan fingerprint density at radius 3 is 2.61 bits per heavy atom. The lowest BCUT2D eigenvalue weighted by molar-refractivity contribution is 0.0828. The number of piperidine rings is 1. The van der Waals surface area contributed by atoms with Gasteiger partial charge in [0.1, 0.15) is 0 Å². The van der Waals surface area contributed by atoms with Gasteiger partial charge in [0, 0.05) is 32.9 Å². The summed E-state index contributed by atoms with van der Waals surface area (Å²) in [6.07, 6.45) is 5.04. The maximum Gasteiger partial charge on any atom is 0.254 e. The topological polar surface area (TPSA) is 35.6 Å². The molecule has 5 heteroatoms. The van der Waals surface area contributed by atoms with Crippen LogP contribution < -0.4 is 10.2 Å². The summed E-state index contributed by atoms with van der Waals surface area (Å²) in [5.74, 6) is 0.787. The lowest BCUT2D eigenvalue weighted by Gasteiger charge is -2.34. The van der Waals surface area contributed by atoms with Gasteiger partial charge < -0.3 is 15.1 Å². The molecule has 1 aromatic carbocycles. The average Bonchev–Trinajstić information content (AvgIpc) is 2.55. The number of carbonyl (C=O) groups is 1. The first-order valence-corrected chi connectivity index (χ1v) is 8.81. The van der Waals surface area contributed by atoms with Gasteiger partial charge in [-0.1, -0.05) is 11.6 Å². The fourth-order valence-corrected chi connectivity index (χ4v) is 3.42. The van der Waals surface area contributed by atoms with E-state index in [9.17, 15) is 4.79 Å². The summed E-state index contributed by atoms with van der Waals surface area (Å²) in [5, 5.41) is 3.75. The van der Waals surface area contributed by atoms with Crippen molar-refractivity contribution in [2.45, 2.75) is 25.7 Å². The van der Waals surface area contributed by atoms with Crippen LogP contribution in [0.25, 0.3) is 0 Å². The normalized spacial score (nSPS) is 15.7. The molecule has 1 aromatic rings. The van der Waals surface area contributed by atoms with E-state index < -0.39 is 0 Å². The van der Waals surface area contributed by atoms with Gasteiger partial charge in [-0.05, 0) is 63.4 Å². The van der Waals surface area contributed by atoms with Gasteiger partial charge in [0.05, 0.1) is 10.6 Å². The number of hydrogen-bond acceptors (Lipinski definition) is 3. The van der Waals surface area contributed by atoms with Gasteiger partial charge in [0.15, 0.2) is 0 Å². The molecule has 0 radical (unpaired) electrons. The Kier molecular flexibility index (Phi) is 6.72. The van der Waals surface area contributed by atoms with E-state index in [2.05, 4.69) is 10.2 Å². The first kappa shape index (κ1) is 18.1. The average molecular weight is 338 g/mol. The minimum Gasteiger partial charge on any atom is -0.371 e. The zero-order chi connectivity index (χ0) is 16.8. The van der Waals surface area contributed by atoms with Crippen molar-refractivity contribution in [3.8, 4) is 0 Å². The number of rotatable bonds is 6. The summed E-state index contributed by atoms with van der Waals surface area (Å²) in [6.45, 7) is 3.25. The molecule has 1 N–H and O–H groups in total. The molecule has 1 heterocycles. The van der Waals surface area contributed by atoms with Crippen LogP contribution in [-0.4, -0.2) is 51.6 Å². The Morgan fingerprint density at radius 1 is 1.35 bits per heavy atom. The van der Waals surface area contributed by atoms with Crippen molar-refractivity contribution in [2.24, 2.45) is 5.92 Å². The SMILES string of the molecule is CNCCCC1CCN(c2ccc(C(=O)N(C)C)c(Cl)c2)CC1. The predicted octanol–water partition coefficient (Wildman–Crippen LogP) is 3.26. The Bertz CT molecular complexity index is 525. The fraction of sp³-hybridized carbons (Fsp3) is 0.611. The molecule has 1 aliphatic heterocycles. The highest BCUT2D eigenvalue weighted by Crippen LogP contribution is 2.29. The van der Waals surface area contributed by atoms with Gasteiger partial charge in [-0.25, -0.2) is 0 Å². The maximum atomic E-state index is 12.0. The minimum absolute atomic E-state index is 0.0511. The molecule has 1 aliphatic rings. The Labute approximate surface area is 144 Å². The number of benzene rings is 1. The summed E-state index contributed by atoms with van der Waals surface area (Å²) in [5.41, 5.74) is 1.70. The van der Waals surface area contributed by atoms with Gasteiger partial charge in [0.25, 0.3) is 5.91 Å². The third-order valence-electron chi connectivity index (χ3n) is 4.61. The summed E-state index contributed by atoms with van der Waals surface area (Å²) < 4.78 is 0. The standard InChI is InChI=1S/C18H28ClN3O/c1-20-10-4-5-14-8-11-22(12-9-14)15-6-7-16(17(19)13-15)18(23)21(2)3/h6-7,13-14,20H,4-5,8-12H2,1-3H3. The third-order valence-corrected chi connectivity index (χ3v) is 4.92. The van der Waals surface area contributed by atoms with Crippen molar-refractivity contribution in [2.75, 3.05) is 45.7 Å². The van der Waals surface area contributed by atoms with Crippen molar-refractivity contribution in [1.29, 1.82) is 0 Å². The Hall–Kier alpha value is -1.26. The number of halogens is 1. The van der Waals surface area contributed by atoms with Gasteiger partial charge in [-0.2, -0.15) is 0 Å². The van der Waals surface area contributed by atoms with Crippen LogP contribution >= 0.6 is 11.6 Å². The van der Waals surface area contributed by atoms with Gasteiger partial charge in [0.2, 0.25) is 0 Å². The van der Waals surface area contributed by atoms with Crippen molar-refractivity contribution < 1.29 is 4.79 Å². The number of anilines is 1. The summed E-state index contributed by atoms with van der Waals surface area (Å²) in [4.78, 5) is 16.0. The van der Waals surface area contributed by atoms with Gasteiger partial charge in [-0.3, -0.25) is 4.79 Å². The number of hydrogen-bond donors (Lipinski definition) is 1. The molecule has 0 aromatic heterocycles. The molecule has 0 saturated carbocycles. The third kappa shape index (κ3) is 4.85. The van der Waals surface area contributed by atoms with Crippen LogP contribution in [0.5, 0.6) is 0 Å². The van der Waals surface area contributed by atoms with Crippen LogP contribution in [0.15, 0.2) is 18.2 Å². The molecule has 1 fully saturated rings. The molecule has 0 bridgehead atoms. The monoisotopic (exact) mass is 337 g/mol. The van der Waals surface area contributed by atoms with Crippen molar-refractivity contribution >= 4 is 23.2 Å². The molecule has 128 valence electrons. The van der Waals surface area contributed by atoms with E-state index in [1.165, 1.54) is 25.7 Å². The molecule has 4 nitrogen and oxygen atoms in total. The van der Waals surface area contributed by atoms with E-state index in [-0.39, 0.29) is 5.91 Å². The number of nitrogens with zero attached hydrogens (tertiary/aromatic N) is 2. The molecule has 2 rings (SSSR count). The lowest BCUT2D eigenvalue weighted by atomic mass is 9.92. The zero-order valence-electron chi connectivity index (χ0n) is 14.4. The van der Waals surface area contributed by atoms with Gasteiger partial charge in [-0.15, -0.1) is 0 Å². The highest BCUT2D eigenvalue weighted by atomic mass is 35.5. The number of amides is 1. The van der Waals surface area contributed by atoms with Crippen molar-refractivity contribution in [3.05, 3.63) is 28.8 Å². The summed E-state index contributed by atoms with van der Waals surface area (Å²) >= 11 is 6.32. The molecule has 23 heavy (non-hydrogen) atoms. The van der Waals surface area contributed by atoms with E-state index >= 15 is 0 Å². The van der Waals surface area contributed by atoms with E-state index in [1.54, 1.807) is 19.0 Å². The van der Waals surface area contributed by atoms with Crippen LogP contribution in [0.3, 0.4) is 0 Å². The summed E-state index contributed by atoms with van der Waals surface area (Å²) in [7, 11) is 5.49. The quantitative estimate of drug-likeness (QED) is 0.809. The molecular formula is C18H28ClN3O. The largest absolute Gasteiger partial charge is 0.371 e. The maximum absolute atomic E-state index is 12.0. The van der Waals surface area contributed by atoms with E-state index in [4.69, 9.17) is 11.6 Å². The first-order chi connectivity index (χ1) is 11.0. The van der Waals surface area contributed by atoms with E-state index in [0.29, 0.717) is 10.6 Å². The molecule has 0 unspecified atom stereocenters. The van der Waals surface area contributed by atoms with Crippen LogP contribution in [0.1, 0.15) is 36.0 Å². The fourth-order valence-electron chi connectivity index (χ4n) is 3.16. The Balaban J connectivity index is 1.94. The highest BCUT2D eigenvalue weighted by Gasteiger charge is 2.20. The van der Waals surface area contributed by atoms with Crippen molar-refractivity contribution in [1.82, 2.24) is 10.2 Å². The molecule has 1 saturated heterocycles. The second kappa shape index (κ2) is 8.55. The molecule has 0 aliphatic carbocycles. The van der Waals surface area contributed by atoms with Gasteiger partial charge >= 0.3 is 0 Å². The van der Waals surface area contributed by atoms with Crippen molar-refractivity contribution in [3.63, 3.8) is 0 Å². The van der Waals surface area contributed by atoms with Crippen LogP contribution in [0.4, 0.5) is 5.69 Å². The molecule has 0 spiro atoms. The summed E-state index contributed by atoms with van der Waals surface area (Å²) in [6, 6.07) is 5.79. The number of nitrogens with one attached hydrogen (secondary N) is 1. The predicted molar refractivity (Wildman–Crippen MR) is 97.6 cm³/mol. The van der Waals surface area contributed by atoms with Crippen LogP contribution in [0, 0.1) is 5.92 Å². The highest BCUT2D eigenvalue weighted by molar-refractivity contribution is 6.34. The number of carbonyl (C=O) groups excluding carboxylic acids is 1. The zero-order valence-corrected chi connectivity index (χ0v) is 15.2. The van der Waals surface area contributed by atoms with E-state index in [0.717, 1.165) is 31.2 Å². The minimum atomic E-state index is -0.0511. The molecule has 1 amide bonds. The first-order valence-electron chi connectivity index (χ1n) is 8.43. The van der Waals surface area contributed by atoms with Crippen LogP contribution in [0.2, 0.25) is 5.02 Å². The van der Waals surface area contributed by atoms with E-state index in [1.807, 2.05) is 25.2 Å². The molecule has 0 atom stereocenters. The van der Waals surface area contributed by atoms with Crippen LogP contribution in [-0.2, 0) is 0 Å². The smallest absolute Gasteiger partial charge is 0.254 e. The molecular weight excluding hydrogens is 310 g/mol.